The third kappa shape index (κ3) is 2.68. The van der Waals surface area contributed by atoms with Gasteiger partial charge in [0.2, 0.25) is 5.95 Å². The summed E-state index contributed by atoms with van der Waals surface area (Å²) in [6.07, 6.45) is -4.53. The van der Waals surface area contributed by atoms with Gasteiger partial charge in [-0.15, -0.1) is 5.10 Å². The van der Waals surface area contributed by atoms with Crippen LogP contribution < -0.4 is 5.73 Å². The molecule has 0 atom stereocenters. The number of aromatic nitrogens is 2. The molecule has 0 saturated heterocycles. The maximum atomic E-state index is 13.4. The number of hydrogen-bond donors (Lipinski definition) is 1. The molecule has 0 aliphatic heterocycles. The van der Waals surface area contributed by atoms with Crippen LogP contribution in [0.25, 0.3) is 5.69 Å². The Hall–Kier alpha value is -1.80. The molecular formula is C11H5Cl2F4N3O. The fourth-order valence-electron chi connectivity index (χ4n) is 1.63. The first-order chi connectivity index (χ1) is 9.66. The summed E-state index contributed by atoms with van der Waals surface area (Å²) in [5, 5.41) is 2.42. The first kappa shape index (κ1) is 15.6. The number of nitrogens with two attached hydrogens (primary N) is 1. The van der Waals surface area contributed by atoms with Gasteiger partial charge in [-0.1, -0.05) is 23.2 Å². The fourth-order valence-corrected chi connectivity index (χ4v) is 2.27. The Morgan fingerprint density at radius 1 is 1.24 bits per heavy atom. The van der Waals surface area contributed by atoms with E-state index in [1.807, 2.05) is 0 Å². The summed E-state index contributed by atoms with van der Waals surface area (Å²) in [5.74, 6) is -1.61. The van der Waals surface area contributed by atoms with Crippen molar-refractivity contribution in [3.8, 4) is 5.69 Å². The standard InChI is InChI=1S/C11H5Cl2F4N3O/c12-6-1-4(11(15,16)17)2-7(13)8(6)20-10(18)5(3-21)9(14)19-20/h1-3H,18H2. The molecule has 1 aromatic carbocycles. The smallest absolute Gasteiger partial charge is 0.383 e. The van der Waals surface area contributed by atoms with E-state index in [1.54, 1.807) is 0 Å². The zero-order chi connectivity index (χ0) is 15.9. The van der Waals surface area contributed by atoms with E-state index in [2.05, 4.69) is 5.10 Å². The summed E-state index contributed by atoms with van der Waals surface area (Å²) in [6, 6.07) is 1.20. The summed E-state index contributed by atoms with van der Waals surface area (Å²) < 4.78 is 51.9. The van der Waals surface area contributed by atoms with Gasteiger partial charge in [-0.2, -0.15) is 17.6 Å². The minimum Gasteiger partial charge on any atom is -0.383 e. The average molecular weight is 342 g/mol. The lowest BCUT2D eigenvalue weighted by Gasteiger charge is -2.13. The minimum atomic E-state index is -4.65. The molecule has 21 heavy (non-hydrogen) atoms. The lowest BCUT2D eigenvalue weighted by atomic mass is 10.2. The first-order valence-electron chi connectivity index (χ1n) is 5.22. The van der Waals surface area contributed by atoms with Crippen LogP contribution in [0.3, 0.4) is 0 Å². The first-order valence-corrected chi connectivity index (χ1v) is 5.98. The van der Waals surface area contributed by atoms with Gasteiger partial charge in [-0.05, 0) is 12.1 Å². The molecule has 0 spiro atoms. The van der Waals surface area contributed by atoms with Crippen LogP contribution in [0.4, 0.5) is 23.4 Å². The Bertz CT molecular complexity index is 704. The highest BCUT2D eigenvalue weighted by Crippen LogP contribution is 2.38. The van der Waals surface area contributed by atoms with E-state index in [-0.39, 0.29) is 12.0 Å². The van der Waals surface area contributed by atoms with Gasteiger partial charge >= 0.3 is 6.18 Å². The number of hydrogen-bond acceptors (Lipinski definition) is 3. The minimum absolute atomic E-state index is 0.125. The Balaban J connectivity index is 2.69. The van der Waals surface area contributed by atoms with Gasteiger partial charge in [-0.3, -0.25) is 4.79 Å². The van der Waals surface area contributed by atoms with Gasteiger partial charge in [0, 0.05) is 0 Å². The molecule has 0 unspecified atom stereocenters. The molecule has 2 N–H and O–H groups in total. The number of nitrogens with zero attached hydrogens (tertiary/aromatic N) is 2. The number of rotatable bonds is 2. The second-order valence-electron chi connectivity index (χ2n) is 3.91. The molecule has 4 nitrogen and oxygen atoms in total. The van der Waals surface area contributed by atoms with Gasteiger partial charge in [0.15, 0.2) is 6.29 Å². The third-order valence-corrected chi connectivity index (χ3v) is 3.16. The van der Waals surface area contributed by atoms with Crippen LogP contribution in [-0.4, -0.2) is 16.1 Å². The van der Waals surface area contributed by atoms with Crippen LogP contribution in [0.5, 0.6) is 0 Å². The predicted octanol–water partition coefficient (Wildman–Crippen LogP) is 3.73. The normalized spacial score (nSPS) is 11.7. The summed E-state index contributed by atoms with van der Waals surface area (Å²) in [4.78, 5) is 10.7. The van der Waals surface area contributed by atoms with Crippen LogP contribution >= 0.6 is 23.2 Å². The summed E-state index contributed by atoms with van der Waals surface area (Å²) in [7, 11) is 0. The van der Waals surface area contributed by atoms with Crippen molar-refractivity contribution in [2.75, 3.05) is 5.73 Å². The molecule has 2 aromatic rings. The number of carbonyl (C=O) groups is 1. The number of alkyl halides is 3. The highest BCUT2D eigenvalue weighted by Gasteiger charge is 2.32. The quantitative estimate of drug-likeness (QED) is 0.668. The molecular weight excluding hydrogens is 337 g/mol. The summed E-state index contributed by atoms with van der Waals surface area (Å²) in [5.41, 5.74) is 3.62. The fraction of sp³-hybridized carbons (Fsp3) is 0.0909. The number of nitrogen functional groups attached to an aromatic ring is 1. The zero-order valence-electron chi connectivity index (χ0n) is 9.88. The van der Waals surface area contributed by atoms with E-state index in [0.717, 1.165) is 0 Å². The summed E-state index contributed by atoms with van der Waals surface area (Å²) in [6.45, 7) is 0. The molecule has 0 aliphatic carbocycles. The van der Waals surface area contributed by atoms with E-state index >= 15 is 0 Å². The van der Waals surface area contributed by atoms with E-state index in [1.165, 1.54) is 0 Å². The van der Waals surface area contributed by atoms with Crippen LogP contribution in [0, 0.1) is 5.95 Å². The number of aldehydes is 1. The number of anilines is 1. The van der Waals surface area contributed by atoms with Crippen LogP contribution in [0.15, 0.2) is 12.1 Å². The van der Waals surface area contributed by atoms with Crippen molar-refractivity contribution in [3.63, 3.8) is 0 Å². The molecule has 0 aliphatic rings. The Morgan fingerprint density at radius 3 is 2.14 bits per heavy atom. The van der Waals surface area contributed by atoms with Gasteiger partial charge < -0.3 is 5.73 Å². The molecule has 112 valence electrons. The predicted molar refractivity (Wildman–Crippen MR) is 68.3 cm³/mol. The highest BCUT2D eigenvalue weighted by molar-refractivity contribution is 6.38. The van der Waals surface area contributed by atoms with Crippen molar-refractivity contribution in [1.82, 2.24) is 9.78 Å². The zero-order valence-corrected chi connectivity index (χ0v) is 11.4. The molecule has 1 heterocycles. The highest BCUT2D eigenvalue weighted by atomic mass is 35.5. The van der Waals surface area contributed by atoms with Crippen LogP contribution in [0.2, 0.25) is 10.0 Å². The average Bonchev–Trinajstić information content (AvgIpc) is 2.62. The lowest BCUT2D eigenvalue weighted by molar-refractivity contribution is -0.137. The number of halogens is 6. The molecule has 0 radical (unpaired) electrons. The maximum absolute atomic E-state index is 13.4. The molecule has 0 amide bonds. The number of carbonyl (C=O) groups excluding carboxylic acids is 1. The van der Waals surface area contributed by atoms with Crippen LogP contribution in [0.1, 0.15) is 15.9 Å². The van der Waals surface area contributed by atoms with E-state index in [0.29, 0.717) is 16.8 Å². The molecule has 1 aromatic heterocycles. The Kier molecular flexibility index (Phi) is 3.85. The van der Waals surface area contributed by atoms with Gasteiger partial charge in [-0.25, -0.2) is 4.68 Å². The van der Waals surface area contributed by atoms with Crippen molar-refractivity contribution in [3.05, 3.63) is 39.3 Å². The maximum Gasteiger partial charge on any atom is 0.416 e. The van der Waals surface area contributed by atoms with Crippen LogP contribution in [-0.2, 0) is 6.18 Å². The topological polar surface area (TPSA) is 60.9 Å². The molecule has 2 rings (SSSR count). The summed E-state index contributed by atoms with van der Waals surface area (Å²) >= 11 is 11.5. The van der Waals surface area contributed by atoms with E-state index in [9.17, 15) is 22.4 Å². The second-order valence-corrected chi connectivity index (χ2v) is 4.72. The van der Waals surface area contributed by atoms with Crippen molar-refractivity contribution in [2.24, 2.45) is 0 Å². The van der Waals surface area contributed by atoms with Gasteiger partial charge in [0.05, 0.1) is 15.6 Å². The van der Waals surface area contributed by atoms with Crippen molar-refractivity contribution >= 4 is 35.3 Å². The van der Waals surface area contributed by atoms with Crippen molar-refractivity contribution in [1.29, 1.82) is 0 Å². The molecule has 10 heteroatoms. The second kappa shape index (κ2) is 5.19. The number of benzene rings is 1. The van der Waals surface area contributed by atoms with E-state index in [4.69, 9.17) is 28.9 Å². The lowest BCUT2D eigenvalue weighted by Crippen LogP contribution is -2.08. The van der Waals surface area contributed by atoms with Gasteiger partial charge in [0.1, 0.15) is 17.1 Å². The SMILES string of the molecule is Nc1c(C=O)c(F)nn1-c1c(Cl)cc(C(F)(F)F)cc1Cl. The largest absolute Gasteiger partial charge is 0.416 e. The molecule has 0 saturated carbocycles. The monoisotopic (exact) mass is 341 g/mol. The molecule has 0 fully saturated rings. The Morgan fingerprint density at radius 2 is 1.76 bits per heavy atom. The van der Waals surface area contributed by atoms with Crippen molar-refractivity contribution in [2.45, 2.75) is 6.18 Å². The van der Waals surface area contributed by atoms with Gasteiger partial charge in [0.25, 0.3) is 0 Å². The third-order valence-electron chi connectivity index (χ3n) is 2.59. The van der Waals surface area contributed by atoms with Crippen molar-refractivity contribution < 1.29 is 22.4 Å². The van der Waals surface area contributed by atoms with E-state index < -0.39 is 39.1 Å². The molecule has 0 bridgehead atoms. The Labute approximate surface area is 125 Å².